The third-order valence-corrected chi connectivity index (χ3v) is 3.57. The smallest absolute Gasteiger partial charge is 0.230 e. The van der Waals surface area contributed by atoms with Gasteiger partial charge >= 0.3 is 0 Å². The average Bonchev–Trinajstić information content (AvgIpc) is 2.87. The normalized spacial score (nSPS) is 19.5. The number of anilines is 2. The lowest BCUT2D eigenvalue weighted by Crippen LogP contribution is -2.25. The number of aromatic nitrogens is 1. The summed E-state index contributed by atoms with van der Waals surface area (Å²) in [4.78, 5) is 20.1. The summed E-state index contributed by atoms with van der Waals surface area (Å²) >= 11 is 0. The van der Waals surface area contributed by atoms with Crippen molar-refractivity contribution in [1.29, 1.82) is 0 Å². The minimum Gasteiger partial charge on any atom is -0.491 e. The van der Waals surface area contributed by atoms with Crippen LogP contribution in [0.3, 0.4) is 0 Å². The Bertz CT molecular complexity index is 469. The summed E-state index contributed by atoms with van der Waals surface area (Å²) < 4.78 is 5.66. The molecule has 5 nitrogen and oxygen atoms in total. The molecule has 96 valence electrons. The molecule has 3 rings (SSSR count). The molecule has 2 aliphatic heterocycles. The lowest BCUT2D eigenvalue weighted by molar-refractivity contribution is -0.118. The maximum absolute atomic E-state index is 11.7. The zero-order valence-corrected chi connectivity index (χ0v) is 10.6. The SMILES string of the molecule is CN1C(=O)CCOc2cc(N3CCCC3)ncc21. The van der Waals surface area contributed by atoms with E-state index in [2.05, 4.69) is 9.88 Å². The van der Waals surface area contributed by atoms with Crippen LogP contribution in [0.5, 0.6) is 5.75 Å². The van der Waals surface area contributed by atoms with Crippen LogP contribution in [-0.4, -0.2) is 37.6 Å². The molecule has 0 saturated carbocycles. The molecule has 2 aliphatic rings. The van der Waals surface area contributed by atoms with Crippen LogP contribution in [0.1, 0.15) is 19.3 Å². The molecule has 1 fully saturated rings. The van der Waals surface area contributed by atoms with Crippen LogP contribution in [0, 0.1) is 0 Å². The summed E-state index contributed by atoms with van der Waals surface area (Å²) in [6.45, 7) is 2.56. The number of ether oxygens (including phenoxy) is 1. The van der Waals surface area contributed by atoms with E-state index < -0.39 is 0 Å². The van der Waals surface area contributed by atoms with Gasteiger partial charge in [-0.25, -0.2) is 4.98 Å². The van der Waals surface area contributed by atoms with Crippen molar-refractivity contribution in [2.24, 2.45) is 0 Å². The van der Waals surface area contributed by atoms with E-state index in [4.69, 9.17) is 4.74 Å². The first-order chi connectivity index (χ1) is 8.75. The second-order valence-corrected chi connectivity index (χ2v) is 4.76. The molecular formula is C13H17N3O2. The van der Waals surface area contributed by atoms with Crippen molar-refractivity contribution in [3.8, 4) is 5.75 Å². The Hall–Kier alpha value is -1.78. The lowest BCUT2D eigenvalue weighted by atomic mass is 10.3. The van der Waals surface area contributed by atoms with Crippen LogP contribution in [-0.2, 0) is 4.79 Å². The molecule has 1 aromatic rings. The molecule has 3 heterocycles. The Balaban J connectivity index is 1.94. The van der Waals surface area contributed by atoms with Gasteiger partial charge in [-0.15, -0.1) is 0 Å². The van der Waals surface area contributed by atoms with E-state index in [-0.39, 0.29) is 5.91 Å². The second kappa shape index (κ2) is 4.48. The monoisotopic (exact) mass is 247 g/mol. The van der Waals surface area contributed by atoms with E-state index in [0.29, 0.717) is 13.0 Å². The van der Waals surface area contributed by atoms with Gasteiger partial charge < -0.3 is 14.5 Å². The fraction of sp³-hybridized carbons (Fsp3) is 0.538. The van der Waals surface area contributed by atoms with Crippen LogP contribution in [0.15, 0.2) is 12.3 Å². The van der Waals surface area contributed by atoms with E-state index in [1.54, 1.807) is 18.1 Å². The molecule has 18 heavy (non-hydrogen) atoms. The lowest BCUT2D eigenvalue weighted by Gasteiger charge is -2.20. The van der Waals surface area contributed by atoms with Crippen LogP contribution in [0.2, 0.25) is 0 Å². The predicted octanol–water partition coefficient (Wildman–Crippen LogP) is 1.43. The van der Waals surface area contributed by atoms with E-state index >= 15 is 0 Å². The molecule has 5 heteroatoms. The van der Waals surface area contributed by atoms with E-state index in [1.165, 1.54) is 12.8 Å². The molecule has 1 saturated heterocycles. The highest BCUT2D eigenvalue weighted by atomic mass is 16.5. The number of fused-ring (bicyclic) bond motifs is 1. The van der Waals surface area contributed by atoms with Gasteiger partial charge in [-0.3, -0.25) is 4.79 Å². The van der Waals surface area contributed by atoms with Crippen molar-refractivity contribution in [2.75, 3.05) is 36.5 Å². The number of carbonyl (C=O) groups is 1. The fourth-order valence-corrected chi connectivity index (χ4v) is 2.46. The van der Waals surface area contributed by atoms with Gasteiger partial charge in [0.2, 0.25) is 5.91 Å². The third-order valence-electron chi connectivity index (χ3n) is 3.57. The zero-order chi connectivity index (χ0) is 12.5. The Morgan fingerprint density at radius 2 is 2.11 bits per heavy atom. The van der Waals surface area contributed by atoms with Crippen molar-refractivity contribution in [3.05, 3.63) is 12.3 Å². The third kappa shape index (κ3) is 1.89. The zero-order valence-electron chi connectivity index (χ0n) is 10.6. The number of amides is 1. The predicted molar refractivity (Wildman–Crippen MR) is 69.2 cm³/mol. The Morgan fingerprint density at radius 1 is 1.33 bits per heavy atom. The molecule has 0 aromatic carbocycles. The van der Waals surface area contributed by atoms with E-state index in [1.807, 2.05) is 6.07 Å². The first-order valence-electron chi connectivity index (χ1n) is 6.40. The van der Waals surface area contributed by atoms with Crippen LogP contribution >= 0.6 is 0 Å². The van der Waals surface area contributed by atoms with Gasteiger partial charge in [0.15, 0.2) is 0 Å². The van der Waals surface area contributed by atoms with Crippen molar-refractivity contribution in [1.82, 2.24) is 4.98 Å². The molecule has 0 unspecified atom stereocenters. The molecule has 1 aromatic heterocycles. The summed E-state index contributed by atoms with van der Waals surface area (Å²) in [6.07, 6.45) is 4.60. The quantitative estimate of drug-likeness (QED) is 0.753. The van der Waals surface area contributed by atoms with Crippen molar-refractivity contribution in [2.45, 2.75) is 19.3 Å². The van der Waals surface area contributed by atoms with Crippen molar-refractivity contribution in [3.63, 3.8) is 0 Å². The van der Waals surface area contributed by atoms with Crippen molar-refractivity contribution >= 4 is 17.4 Å². The van der Waals surface area contributed by atoms with Gasteiger partial charge in [0.1, 0.15) is 17.3 Å². The van der Waals surface area contributed by atoms with Gasteiger partial charge in [-0.2, -0.15) is 0 Å². The van der Waals surface area contributed by atoms with Crippen molar-refractivity contribution < 1.29 is 9.53 Å². The summed E-state index contributed by atoms with van der Waals surface area (Å²) in [5, 5.41) is 0. The summed E-state index contributed by atoms with van der Waals surface area (Å²) in [5.74, 6) is 1.79. The summed E-state index contributed by atoms with van der Waals surface area (Å²) in [5.41, 5.74) is 0.764. The molecule has 0 bridgehead atoms. The van der Waals surface area contributed by atoms with E-state index in [0.717, 1.165) is 30.3 Å². The number of rotatable bonds is 1. The van der Waals surface area contributed by atoms with Crippen LogP contribution in [0.25, 0.3) is 0 Å². The maximum atomic E-state index is 11.7. The minimum absolute atomic E-state index is 0.0736. The number of hydrogen-bond donors (Lipinski definition) is 0. The average molecular weight is 247 g/mol. The second-order valence-electron chi connectivity index (χ2n) is 4.76. The molecule has 0 N–H and O–H groups in total. The highest BCUT2D eigenvalue weighted by Gasteiger charge is 2.22. The molecule has 0 atom stereocenters. The number of pyridine rings is 1. The topological polar surface area (TPSA) is 45.7 Å². The fourth-order valence-electron chi connectivity index (χ4n) is 2.46. The van der Waals surface area contributed by atoms with Gasteiger partial charge in [-0.1, -0.05) is 0 Å². The van der Waals surface area contributed by atoms with E-state index in [9.17, 15) is 4.79 Å². The van der Waals surface area contributed by atoms with Gasteiger partial charge in [0, 0.05) is 26.2 Å². The molecular weight excluding hydrogens is 230 g/mol. The standard InChI is InChI=1S/C13H17N3O2/c1-15-10-9-14-12(16-5-2-3-6-16)8-11(10)18-7-4-13(15)17/h8-9H,2-7H2,1H3. The largest absolute Gasteiger partial charge is 0.491 e. The Kier molecular flexibility index (Phi) is 2.81. The summed E-state index contributed by atoms with van der Waals surface area (Å²) in [6, 6.07) is 1.95. The number of nitrogens with zero attached hydrogens (tertiary/aromatic N) is 3. The first-order valence-corrected chi connectivity index (χ1v) is 6.40. The molecule has 0 spiro atoms. The number of carbonyl (C=O) groups excluding carboxylic acids is 1. The summed E-state index contributed by atoms with van der Waals surface area (Å²) in [7, 11) is 1.77. The Labute approximate surface area is 106 Å². The maximum Gasteiger partial charge on any atom is 0.230 e. The van der Waals surface area contributed by atoms with Crippen LogP contribution in [0.4, 0.5) is 11.5 Å². The molecule has 0 aliphatic carbocycles. The van der Waals surface area contributed by atoms with Gasteiger partial charge in [0.25, 0.3) is 0 Å². The molecule has 0 radical (unpaired) electrons. The highest BCUT2D eigenvalue weighted by Crippen LogP contribution is 2.33. The minimum atomic E-state index is 0.0736. The highest BCUT2D eigenvalue weighted by molar-refractivity contribution is 5.95. The van der Waals surface area contributed by atoms with Crippen LogP contribution < -0.4 is 14.5 Å². The van der Waals surface area contributed by atoms with Gasteiger partial charge in [-0.05, 0) is 12.8 Å². The van der Waals surface area contributed by atoms with Gasteiger partial charge in [0.05, 0.1) is 19.2 Å². The molecule has 1 amide bonds. The first kappa shape index (κ1) is 11.3. The number of hydrogen-bond acceptors (Lipinski definition) is 4. The Morgan fingerprint density at radius 3 is 2.89 bits per heavy atom.